The summed E-state index contributed by atoms with van der Waals surface area (Å²) in [5.74, 6) is 0. The zero-order chi connectivity index (χ0) is 19.7. The monoisotopic (exact) mass is 414 g/mol. The molecular weight excluding hydrogens is 371 g/mol. The Labute approximate surface area is 191 Å². The van der Waals surface area contributed by atoms with Gasteiger partial charge in [-0.25, -0.2) is 8.42 Å². The molecule has 0 aliphatic rings. The predicted molar refractivity (Wildman–Crippen MR) is 109 cm³/mol. The minimum atomic E-state index is -4.66. The third-order valence-corrected chi connectivity index (χ3v) is 6.65. The van der Waals surface area contributed by atoms with Crippen LogP contribution >= 0.6 is 0 Å². The Balaban J connectivity index is 0. The van der Waals surface area contributed by atoms with Crippen molar-refractivity contribution in [3.8, 4) is 0 Å². The van der Waals surface area contributed by atoms with Crippen LogP contribution in [0.5, 0.6) is 0 Å². The minimum Gasteiger partial charge on any atom is -0.746 e. The molecule has 0 rings (SSSR count). The summed E-state index contributed by atoms with van der Waals surface area (Å²) in [6.45, 7) is 4.25. The fourth-order valence-electron chi connectivity index (χ4n) is 3.45. The van der Waals surface area contributed by atoms with Crippen molar-refractivity contribution in [3.05, 3.63) is 0 Å². The van der Waals surface area contributed by atoms with Crippen molar-refractivity contribution in [2.24, 2.45) is 0 Å². The number of rotatable bonds is 19. The van der Waals surface area contributed by atoms with Crippen LogP contribution in [-0.4, -0.2) is 23.0 Å². The first-order chi connectivity index (χ1) is 12.4. The van der Waals surface area contributed by atoms with E-state index in [4.69, 9.17) is 0 Å². The van der Waals surface area contributed by atoms with Gasteiger partial charge in [0.15, 0.2) is 4.93 Å². The minimum absolute atomic E-state index is 0. The van der Waals surface area contributed by atoms with Crippen molar-refractivity contribution in [2.75, 3.05) is 0 Å². The maximum absolute atomic E-state index is 11.4. The van der Waals surface area contributed by atoms with Gasteiger partial charge in [0, 0.05) is 0 Å². The second-order valence-electron chi connectivity index (χ2n) is 7.85. The van der Waals surface area contributed by atoms with E-state index in [0.717, 1.165) is 32.1 Å². The number of aliphatic hydroxyl groups is 1. The molecule has 27 heavy (non-hydrogen) atoms. The Hall–Kier alpha value is 0.870. The summed E-state index contributed by atoms with van der Waals surface area (Å²) in [7, 11) is -4.66. The second-order valence-corrected chi connectivity index (χ2v) is 9.52. The van der Waals surface area contributed by atoms with Crippen LogP contribution in [0.2, 0.25) is 0 Å². The Bertz CT molecular complexity index is 414. The molecular formula is C21H43NaO4S. The first kappa shape index (κ1) is 30.1. The molecule has 0 saturated carbocycles. The van der Waals surface area contributed by atoms with E-state index in [-0.39, 0.29) is 42.4 Å². The van der Waals surface area contributed by atoms with E-state index >= 15 is 0 Å². The third kappa shape index (κ3) is 16.4. The molecule has 0 aromatic rings. The van der Waals surface area contributed by atoms with E-state index in [1.807, 2.05) is 6.92 Å². The topological polar surface area (TPSA) is 77.4 Å². The molecule has 0 aliphatic carbocycles. The van der Waals surface area contributed by atoms with Gasteiger partial charge in [0.2, 0.25) is 0 Å². The molecule has 1 unspecified atom stereocenters. The van der Waals surface area contributed by atoms with Gasteiger partial charge in [0.1, 0.15) is 10.1 Å². The molecule has 1 N–H and O–H groups in total. The fourth-order valence-corrected chi connectivity index (χ4v) is 4.23. The first-order valence-corrected chi connectivity index (χ1v) is 12.5. The van der Waals surface area contributed by atoms with Gasteiger partial charge in [0.25, 0.3) is 0 Å². The van der Waals surface area contributed by atoms with Crippen LogP contribution in [0.1, 0.15) is 129 Å². The van der Waals surface area contributed by atoms with E-state index in [0.29, 0.717) is 12.8 Å². The van der Waals surface area contributed by atoms with E-state index in [9.17, 15) is 18.1 Å². The van der Waals surface area contributed by atoms with Crippen molar-refractivity contribution in [1.29, 1.82) is 0 Å². The van der Waals surface area contributed by atoms with E-state index in [2.05, 4.69) is 6.92 Å². The molecule has 6 heteroatoms. The van der Waals surface area contributed by atoms with Gasteiger partial charge < -0.3 is 9.66 Å². The molecule has 0 heterocycles. The van der Waals surface area contributed by atoms with Crippen LogP contribution in [0.4, 0.5) is 0 Å². The van der Waals surface area contributed by atoms with Gasteiger partial charge in [-0.05, 0) is 25.7 Å². The zero-order valence-electron chi connectivity index (χ0n) is 18.3. The Morgan fingerprint density at radius 1 is 0.630 bits per heavy atom. The molecule has 0 aromatic carbocycles. The summed E-state index contributed by atoms with van der Waals surface area (Å²) in [5, 5.41) is 10.3. The SMILES string of the molecule is CCCCCCCCCCCCCCCC(O)(CCCCC)S(=O)(=O)[O-].[Na+]. The average Bonchev–Trinajstić information content (AvgIpc) is 2.58. The summed E-state index contributed by atoms with van der Waals surface area (Å²) in [6, 6.07) is 0. The Morgan fingerprint density at radius 3 is 1.22 bits per heavy atom. The molecule has 0 saturated heterocycles. The summed E-state index contributed by atoms with van der Waals surface area (Å²) in [5.41, 5.74) is 0. The largest absolute Gasteiger partial charge is 1.00 e. The molecule has 0 aliphatic heterocycles. The van der Waals surface area contributed by atoms with Gasteiger partial charge in [-0.15, -0.1) is 0 Å². The molecule has 158 valence electrons. The van der Waals surface area contributed by atoms with Crippen LogP contribution in [-0.2, 0) is 10.1 Å². The van der Waals surface area contributed by atoms with E-state index in [1.54, 1.807) is 0 Å². The molecule has 0 aromatic heterocycles. The molecule has 0 amide bonds. The van der Waals surface area contributed by atoms with E-state index < -0.39 is 15.1 Å². The molecule has 4 nitrogen and oxygen atoms in total. The van der Waals surface area contributed by atoms with Crippen molar-refractivity contribution in [3.63, 3.8) is 0 Å². The quantitative estimate of drug-likeness (QED) is 0.200. The molecule has 0 radical (unpaired) electrons. The van der Waals surface area contributed by atoms with Crippen LogP contribution in [0.15, 0.2) is 0 Å². The third-order valence-electron chi connectivity index (χ3n) is 5.31. The fraction of sp³-hybridized carbons (Fsp3) is 1.00. The molecule has 0 spiro atoms. The summed E-state index contributed by atoms with van der Waals surface area (Å²) < 4.78 is 34.2. The summed E-state index contributed by atoms with van der Waals surface area (Å²) in [4.78, 5) is -2.06. The number of hydrogen-bond acceptors (Lipinski definition) is 4. The van der Waals surface area contributed by atoms with Crippen LogP contribution < -0.4 is 29.6 Å². The number of unbranched alkanes of at least 4 members (excludes halogenated alkanes) is 14. The Morgan fingerprint density at radius 2 is 0.889 bits per heavy atom. The van der Waals surface area contributed by atoms with Crippen LogP contribution in [0, 0.1) is 0 Å². The van der Waals surface area contributed by atoms with Crippen molar-refractivity contribution in [1.82, 2.24) is 0 Å². The van der Waals surface area contributed by atoms with Gasteiger partial charge >= 0.3 is 29.6 Å². The normalized spacial score (nSPS) is 13.9. The molecule has 1 atom stereocenters. The average molecular weight is 415 g/mol. The van der Waals surface area contributed by atoms with Gasteiger partial charge in [-0.2, -0.15) is 0 Å². The van der Waals surface area contributed by atoms with Gasteiger partial charge in [0.05, 0.1) is 0 Å². The maximum atomic E-state index is 11.4. The van der Waals surface area contributed by atoms with Crippen LogP contribution in [0.25, 0.3) is 0 Å². The predicted octanol–water partition coefficient (Wildman–Crippen LogP) is 3.29. The molecule has 0 fully saturated rings. The van der Waals surface area contributed by atoms with Crippen molar-refractivity contribution < 1.29 is 47.6 Å². The standard InChI is InChI=1S/C21H44O4S.Na/c1-3-5-7-8-9-10-11-12-13-14-15-16-18-20-21(22,26(23,24)25)19-17-6-4-2;/h22H,3-20H2,1-2H3,(H,23,24,25);/q;+1/p-1. The Kier molecular flexibility index (Phi) is 21.0. The maximum Gasteiger partial charge on any atom is 1.00 e. The van der Waals surface area contributed by atoms with Crippen LogP contribution in [0.3, 0.4) is 0 Å². The summed E-state index contributed by atoms with van der Waals surface area (Å²) >= 11 is 0. The van der Waals surface area contributed by atoms with Crippen molar-refractivity contribution >= 4 is 10.1 Å². The first-order valence-electron chi connectivity index (χ1n) is 11.0. The molecule has 0 bridgehead atoms. The summed E-state index contributed by atoms with van der Waals surface area (Å²) in [6.07, 6.45) is 18.2. The van der Waals surface area contributed by atoms with Gasteiger partial charge in [-0.3, -0.25) is 0 Å². The second kappa shape index (κ2) is 18.9. The van der Waals surface area contributed by atoms with E-state index in [1.165, 1.54) is 57.8 Å². The smallest absolute Gasteiger partial charge is 0.746 e. The zero-order valence-corrected chi connectivity index (χ0v) is 21.1. The van der Waals surface area contributed by atoms with Crippen molar-refractivity contribution in [2.45, 2.75) is 134 Å². The van der Waals surface area contributed by atoms with Gasteiger partial charge in [-0.1, -0.05) is 104 Å². The number of hydrogen-bond donors (Lipinski definition) is 1.